The minimum absolute atomic E-state index is 0.110. The van der Waals surface area contributed by atoms with E-state index in [9.17, 15) is 31.1 Å². The Hall–Kier alpha value is -2.42. The summed E-state index contributed by atoms with van der Waals surface area (Å²) < 4.78 is 75.6. The third kappa shape index (κ3) is 5.29. The number of carbonyl (C=O) groups is 1. The lowest BCUT2D eigenvalue weighted by molar-refractivity contribution is -0.138. The van der Waals surface area contributed by atoms with E-state index in [1.807, 2.05) is 0 Å². The molecule has 0 fully saturated rings. The summed E-state index contributed by atoms with van der Waals surface area (Å²) in [5.41, 5.74) is -1.79. The van der Waals surface area contributed by atoms with E-state index in [-0.39, 0.29) is 17.9 Å². The normalized spacial score (nSPS) is 12.0. The maximum absolute atomic E-state index is 12.8. The summed E-state index contributed by atoms with van der Waals surface area (Å²) in [5.74, 6) is -0.680. The van der Waals surface area contributed by atoms with E-state index in [1.165, 1.54) is 6.07 Å². The van der Waals surface area contributed by atoms with Crippen molar-refractivity contribution in [3.8, 4) is 0 Å². The first-order chi connectivity index (χ1) is 12.0. The van der Waals surface area contributed by atoms with E-state index in [0.717, 1.165) is 30.3 Å². The average Bonchev–Trinajstić information content (AvgIpc) is 2.53. The van der Waals surface area contributed by atoms with Gasteiger partial charge >= 0.3 is 12.4 Å². The van der Waals surface area contributed by atoms with Crippen LogP contribution in [0.2, 0.25) is 5.02 Å². The van der Waals surface area contributed by atoms with Crippen molar-refractivity contribution < 1.29 is 31.1 Å². The van der Waals surface area contributed by atoms with Crippen LogP contribution in [0.25, 0.3) is 0 Å². The van der Waals surface area contributed by atoms with Gasteiger partial charge in [-0.25, -0.2) is 0 Å². The van der Waals surface area contributed by atoms with Gasteiger partial charge in [0.2, 0.25) is 5.91 Å². The average molecular weight is 397 g/mol. The summed E-state index contributed by atoms with van der Waals surface area (Å²) >= 11 is 5.48. The van der Waals surface area contributed by atoms with Gasteiger partial charge in [0.1, 0.15) is 0 Å². The number of anilines is 2. The summed E-state index contributed by atoms with van der Waals surface area (Å²) in [7, 11) is 0. The van der Waals surface area contributed by atoms with Crippen LogP contribution >= 0.6 is 11.6 Å². The van der Waals surface area contributed by atoms with Crippen molar-refractivity contribution in [2.75, 3.05) is 17.2 Å². The lowest BCUT2D eigenvalue weighted by atomic mass is 10.2. The van der Waals surface area contributed by atoms with Gasteiger partial charge in [-0.1, -0.05) is 11.6 Å². The highest BCUT2D eigenvalue weighted by Crippen LogP contribution is 2.36. The zero-order valence-corrected chi connectivity index (χ0v) is 13.6. The van der Waals surface area contributed by atoms with Crippen molar-refractivity contribution in [2.24, 2.45) is 0 Å². The number of rotatable bonds is 4. The number of halogens is 7. The molecule has 2 N–H and O–H groups in total. The Kier molecular flexibility index (Phi) is 5.70. The van der Waals surface area contributed by atoms with E-state index in [1.54, 1.807) is 0 Å². The van der Waals surface area contributed by atoms with Crippen LogP contribution in [0.5, 0.6) is 0 Å². The van der Waals surface area contributed by atoms with Gasteiger partial charge in [-0.05, 0) is 42.5 Å². The standard InChI is InChI=1S/C16H11ClF6N2O/c17-13-6-5-11(7-12(13)16(21,22)23)25-14(26)8-24-10-3-1-9(2-4-10)15(18,19)20/h1-7,24H,8H2,(H,25,26). The third-order valence-corrected chi connectivity index (χ3v) is 3.55. The second-order valence-electron chi connectivity index (χ2n) is 5.17. The number of carbonyl (C=O) groups excluding carboxylic acids is 1. The molecule has 2 rings (SSSR count). The van der Waals surface area contributed by atoms with Gasteiger partial charge in [0.25, 0.3) is 0 Å². The Balaban J connectivity index is 1.97. The monoisotopic (exact) mass is 396 g/mol. The van der Waals surface area contributed by atoms with Crippen molar-refractivity contribution in [3.05, 3.63) is 58.6 Å². The summed E-state index contributed by atoms with van der Waals surface area (Å²) in [6.45, 7) is -0.352. The van der Waals surface area contributed by atoms with Crippen LogP contribution in [-0.4, -0.2) is 12.5 Å². The van der Waals surface area contributed by atoms with Crippen LogP contribution < -0.4 is 10.6 Å². The second-order valence-corrected chi connectivity index (χ2v) is 5.58. The van der Waals surface area contributed by atoms with Crippen LogP contribution in [0.4, 0.5) is 37.7 Å². The van der Waals surface area contributed by atoms with Crippen LogP contribution in [0.3, 0.4) is 0 Å². The van der Waals surface area contributed by atoms with Crippen LogP contribution in [0, 0.1) is 0 Å². The maximum atomic E-state index is 12.8. The summed E-state index contributed by atoms with van der Waals surface area (Å²) in [4.78, 5) is 11.8. The zero-order valence-electron chi connectivity index (χ0n) is 12.8. The molecule has 0 aliphatic carbocycles. The molecule has 2 aromatic rings. The van der Waals surface area contributed by atoms with Crippen molar-refractivity contribution in [2.45, 2.75) is 12.4 Å². The molecule has 0 bridgehead atoms. The second kappa shape index (κ2) is 7.45. The topological polar surface area (TPSA) is 41.1 Å². The number of hydrogen-bond donors (Lipinski definition) is 2. The molecule has 0 atom stereocenters. The van der Waals surface area contributed by atoms with E-state index in [4.69, 9.17) is 11.6 Å². The first-order valence-electron chi connectivity index (χ1n) is 7.04. The molecule has 0 saturated heterocycles. The smallest absolute Gasteiger partial charge is 0.376 e. The van der Waals surface area contributed by atoms with Gasteiger partial charge < -0.3 is 10.6 Å². The molecule has 26 heavy (non-hydrogen) atoms. The van der Waals surface area contributed by atoms with Crippen LogP contribution in [0.1, 0.15) is 11.1 Å². The molecule has 0 aliphatic heterocycles. The van der Waals surface area contributed by atoms with Gasteiger partial charge in [0, 0.05) is 11.4 Å². The fourth-order valence-corrected chi connectivity index (χ4v) is 2.21. The Labute approximate surface area is 149 Å². The molecule has 0 saturated carbocycles. The number of amides is 1. The molecular weight excluding hydrogens is 386 g/mol. The van der Waals surface area contributed by atoms with Gasteiger partial charge in [-0.2, -0.15) is 26.3 Å². The predicted octanol–water partition coefficient (Wildman–Crippen LogP) is 5.43. The largest absolute Gasteiger partial charge is 0.417 e. The lowest BCUT2D eigenvalue weighted by Gasteiger charge is -2.12. The number of hydrogen-bond acceptors (Lipinski definition) is 2. The number of benzene rings is 2. The van der Waals surface area contributed by atoms with E-state index >= 15 is 0 Å². The summed E-state index contributed by atoms with van der Waals surface area (Å²) in [5, 5.41) is 4.32. The maximum Gasteiger partial charge on any atom is 0.417 e. The van der Waals surface area contributed by atoms with Crippen LogP contribution in [0.15, 0.2) is 42.5 Å². The van der Waals surface area contributed by atoms with E-state index < -0.39 is 34.4 Å². The summed E-state index contributed by atoms with van der Waals surface area (Å²) in [6, 6.07) is 6.86. The van der Waals surface area contributed by atoms with Gasteiger partial charge in [0.05, 0.1) is 22.7 Å². The molecule has 0 radical (unpaired) electrons. The Morgan fingerprint density at radius 1 is 0.885 bits per heavy atom. The van der Waals surface area contributed by atoms with E-state index in [0.29, 0.717) is 6.07 Å². The third-order valence-electron chi connectivity index (χ3n) is 3.22. The molecule has 1 amide bonds. The quantitative estimate of drug-likeness (QED) is 0.677. The highest BCUT2D eigenvalue weighted by Gasteiger charge is 2.33. The predicted molar refractivity (Wildman–Crippen MR) is 85.0 cm³/mol. The van der Waals surface area contributed by atoms with Gasteiger partial charge in [-0.3, -0.25) is 4.79 Å². The number of alkyl halides is 6. The fourth-order valence-electron chi connectivity index (χ4n) is 1.98. The molecule has 0 aromatic heterocycles. The molecule has 0 spiro atoms. The van der Waals surface area contributed by atoms with Gasteiger partial charge in [-0.15, -0.1) is 0 Å². The van der Waals surface area contributed by atoms with Crippen molar-refractivity contribution >= 4 is 28.9 Å². The first kappa shape index (κ1) is 19.9. The molecule has 0 aliphatic rings. The number of nitrogens with one attached hydrogen (secondary N) is 2. The molecule has 0 heterocycles. The minimum Gasteiger partial charge on any atom is -0.376 e. The minimum atomic E-state index is -4.67. The molecule has 140 valence electrons. The zero-order chi connectivity index (χ0) is 19.5. The summed E-state index contributed by atoms with van der Waals surface area (Å²) in [6.07, 6.45) is -9.14. The van der Waals surface area contributed by atoms with E-state index in [2.05, 4.69) is 10.6 Å². The highest BCUT2D eigenvalue weighted by atomic mass is 35.5. The molecule has 2 aromatic carbocycles. The highest BCUT2D eigenvalue weighted by molar-refractivity contribution is 6.31. The first-order valence-corrected chi connectivity index (χ1v) is 7.42. The molecular formula is C16H11ClF6N2O. The SMILES string of the molecule is O=C(CNc1ccc(C(F)(F)F)cc1)Nc1ccc(Cl)c(C(F)(F)F)c1. The van der Waals surface area contributed by atoms with Crippen LogP contribution in [-0.2, 0) is 17.1 Å². The fraction of sp³-hybridized carbons (Fsp3) is 0.188. The molecule has 0 unspecified atom stereocenters. The Morgan fingerprint density at radius 2 is 1.46 bits per heavy atom. The molecule has 10 heteroatoms. The van der Waals surface area contributed by atoms with Gasteiger partial charge in [0.15, 0.2) is 0 Å². The van der Waals surface area contributed by atoms with Crippen molar-refractivity contribution in [1.29, 1.82) is 0 Å². The Morgan fingerprint density at radius 3 is 2.00 bits per heavy atom. The lowest BCUT2D eigenvalue weighted by Crippen LogP contribution is -2.22. The van der Waals surface area contributed by atoms with Crippen molar-refractivity contribution in [3.63, 3.8) is 0 Å². The Bertz CT molecular complexity index is 787. The van der Waals surface area contributed by atoms with Crippen molar-refractivity contribution in [1.82, 2.24) is 0 Å². The molecule has 3 nitrogen and oxygen atoms in total.